The SMILES string of the molecule is O=C(O)C=Cc1ccc(C(=O)N2CCC(O)CC2)c(F)c1. The molecule has 0 unspecified atom stereocenters. The largest absolute Gasteiger partial charge is 0.478 e. The lowest BCUT2D eigenvalue weighted by Gasteiger charge is -2.29. The van der Waals surface area contributed by atoms with Crippen molar-refractivity contribution >= 4 is 18.0 Å². The molecule has 6 heteroatoms. The van der Waals surface area contributed by atoms with Crippen LogP contribution in [0.25, 0.3) is 6.08 Å². The first-order valence-corrected chi connectivity index (χ1v) is 6.65. The van der Waals surface area contributed by atoms with Crippen molar-refractivity contribution < 1.29 is 24.2 Å². The van der Waals surface area contributed by atoms with Crippen LogP contribution in [-0.2, 0) is 4.79 Å². The highest BCUT2D eigenvalue weighted by atomic mass is 19.1. The van der Waals surface area contributed by atoms with Crippen molar-refractivity contribution in [2.75, 3.05) is 13.1 Å². The van der Waals surface area contributed by atoms with Crippen molar-refractivity contribution in [1.29, 1.82) is 0 Å². The Morgan fingerprint density at radius 2 is 1.95 bits per heavy atom. The maximum atomic E-state index is 14.0. The van der Waals surface area contributed by atoms with Gasteiger partial charge in [0.1, 0.15) is 5.82 Å². The van der Waals surface area contributed by atoms with Crippen LogP contribution in [0.1, 0.15) is 28.8 Å². The molecule has 0 bridgehead atoms. The molecular weight excluding hydrogens is 277 g/mol. The average molecular weight is 293 g/mol. The van der Waals surface area contributed by atoms with Crippen LogP contribution >= 0.6 is 0 Å². The summed E-state index contributed by atoms with van der Waals surface area (Å²) in [5.41, 5.74) is 0.333. The third-order valence-corrected chi connectivity index (χ3v) is 3.39. The molecule has 112 valence electrons. The van der Waals surface area contributed by atoms with Crippen LogP contribution in [-0.4, -0.2) is 46.2 Å². The number of hydrogen-bond acceptors (Lipinski definition) is 3. The molecule has 5 nitrogen and oxygen atoms in total. The summed E-state index contributed by atoms with van der Waals surface area (Å²) in [7, 11) is 0. The fraction of sp³-hybridized carbons (Fsp3) is 0.333. The fourth-order valence-corrected chi connectivity index (χ4v) is 2.22. The van der Waals surface area contributed by atoms with E-state index in [1.807, 2.05) is 0 Å². The molecule has 1 amide bonds. The number of aliphatic carboxylic acids is 1. The van der Waals surface area contributed by atoms with Gasteiger partial charge in [-0.05, 0) is 36.6 Å². The summed E-state index contributed by atoms with van der Waals surface area (Å²) in [6.45, 7) is 0.806. The van der Waals surface area contributed by atoms with Crippen LogP contribution in [0.4, 0.5) is 4.39 Å². The number of carboxylic acids is 1. The van der Waals surface area contributed by atoms with Gasteiger partial charge in [0, 0.05) is 19.2 Å². The Morgan fingerprint density at radius 3 is 2.52 bits per heavy atom. The minimum Gasteiger partial charge on any atom is -0.478 e. The molecule has 0 atom stereocenters. The molecule has 0 aliphatic carbocycles. The van der Waals surface area contributed by atoms with Crippen LogP contribution in [0, 0.1) is 5.82 Å². The van der Waals surface area contributed by atoms with Crippen LogP contribution in [0.5, 0.6) is 0 Å². The number of nitrogens with zero attached hydrogens (tertiary/aromatic N) is 1. The third-order valence-electron chi connectivity index (χ3n) is 3.39. The van der Waals surface area contributed by atoms with Crippen LogP contribution < -0.4 is 0 Å². The molecule has 1 heterocycles. The smallest absolute Gasteiger partial charge is 0.328 e. The minimum atomic E-state index is -1.12. The van der Waals surface area contributed by atoms with E-state index in [2.05, 4.69) is 0 Å². The number of likely N-dealkylation sites (tertiary alicyclic amines) is 1. The highest BCUT2D eigenvalue weighted by molar-refractivity contribution is 5.95. The molecular formula is C15H16FNO4. The number of carboxylic acid groups (broad SMARTS) is 1. The normalized spacial score (nSPS) is 16.4. The van der Waals surface area contributed by atoms with Gasteiger partial charge in [-0.3, -0.25) is 4.79 Å². The number of carbonyl (C=O) groups excluding carboxylic acids is 1. The topological polar surface area (TPSA) is 77.8 Å². The molecule has 1 fully saturated rings. The second kappa shape index (κ2) is 6.49. The standard InChI is InChI=1S/C15H16FNO4/c16-13-9-10(2-4-14(19)20)1-3-12(13)15(21)17-7-5-11(18)6-8-17/h1-4,9,11,18H,5-8H2,(H,19,20). The predicted octanol–water partition coefficient (Wildman–Crippen LogP) is 1.52. The Kier molecular flexibility index (Phi) is 4.70. The maximum Gasteiger partial charge on any atom is 0.328 e. The molecule has 0 saturated carbocycles. The number of hydrogen-bond donors (Lipinski definition) is 2. The van der Waals surface area contributed by atoms with Crippen molar-refractivity contribution in [2.24, 2.45) is 0 Å². The van der Waals surface area contributed by atoms with Crippen molar-refractivity contribution in [3.8, 4) is 0 Å². The number of amides is 1. The third kappa shape index (κ3) is 3.88. The zero-order valence-electron chi connectivity index (χ0n) is 11.3. The number of carbonyl (C=O) groups is 2. The Hall–Kier alpha value is -2.21. The van der Waals surface area contributed by atoms with Gasteiger partial charge in [-0.2, -0.15) is 0 Å². The zero-order valence-corrected chi connectivity index (χ0v) is 11.3. The Bertz CT molecular complexity index is 577. The number of piperidine rings is 1. The zero-order chi connectivity index (χ0) is 15.4. The Balaban J connectivity index is 2.13. The highest BCUT2D eigenvalue weighted by Gasteiger charge is 2.24. The van der Waals surface area contributed by atoms with Crippen LogP contribution in [0.3, 0.4) is 0 Å². The molecule has 21 heavy (non-hydrogen) atoms. The average Bonchev–Trinajstić information content (AvgIpc) is 2.45. The molecule has 0 aromatic heterocycles. The minimum absolute atomic E-state index is 0.0427. The molecule has 1 aliphatic heterocycles. The van der Waals surface area contributed by atoms with E-state index in [9.17, 15) is 19.1 Å². The van der Waals surface area contributed by atoms with Gasteiger partial charge in [-0.15, -0.1) is 0 Å². The van der Waals surface area contributed by atoms with E-state index >= 15 is 0 Å². The molecule has 1 aromatic carbocycles. The maximum absolute atomic E-state index is 14.0. The first kappa shape index (κ1) is 15.2. The van der Waals surface area contributed by atoms with Gasteiger partial charge in [0.05, 0.1) is 11.7 Å². The summed E-state index contributed by atoms with van der Waals surface area (Å²) >= 11 is 0. The number of halogens is 1. The molecule has 0 spiro atoms. The van der Waals surface area contributed by atoms with Crippen LogP contribution in [0.2, 0.25) is 0 Å². The molecule has 1 aromatic rings. The van der Waals surface area contributed by atoms with Crippen molar-refractivity contribution in [3.05, 3.63) is 41.2 Å². The van der Waals surface area contributed by atoms with Crippen molar-refractivity contribution in [3.63, 3.8) is 0 Å². The van der Waals surface area contributed by atoms with Crippen molar-refractivity contribution in [1.82, 2.24) is 4.90 Å². The number of aliphatic hydroxyl groups excluding tert-OH is 1. The summed E-state index contributed by atoms with van der Waals surface area (Å²) in [4.78, 5) is 24.1. The molecule has 1 aliphatic rings. The van der Waals surface area contributed by atoms with Crippen LogP contribution in [0.15, 0.2) is 24.3 Å². The fourth-order valence-electron chi connectivity index (χ4n) is 2.22. The van der Waals surface area contributed by atoms with Gasteiger partial charge in [0.2, 0.25) is 0 Å². The second-order valence-electron chi connectivity index (χ2n) is 4.93. The Morgan fingerprint density at radius 1 is 1.29 bits per heavy atom. The first-order chi connectivity index (χ1) is 9.97. The van der Waals surface area contributed by atoms with Gasteiger partial charge in [0.15, 0.2) is 0 Å². The van der Waals surface area contributed by atoms with Gasteiger partial charge >= 0.3 is 5.97 Å². The lowest BCUT2D eigenvalue weighted by Crippen LogP contribution is -2.40. The lowest BCUT2D eigenvalue weighted by molar-refractivity contribution is -0.131. The second-order valence-corrected chi connectivity index (χ2v) is 4.93. The summed E-state index contributed by atoms with van der Waals surface area (Å²) in [6, 6.07) is 3.98. The van der Waals surface area contributed by atoms with E-state index < -0.39 is 23.8 Å². The van der Waals surface area contributed by atoms with Gasteiger partial charge < -0.3 is 15.1 Å². The Labute approximate surface area is 121 Å². The molecule has 0 radical (unpaired) electrons. The van der Waals surface area contributed by atoms with Crippen molar-refractivity contribution in [2.45, 2.75) is 18.9 Å². The van der Waals surface area contributed by atoms with E-state index in [4.69, 9.17) is 5.11 Å². The highest BCUT2D eigenvalue weighted by Crippen LogP contribution is 2.17. The van der Waals surface area contributed by atoms with E-state index in [1.54, 1.807) is 0 Å². The predicted molar refractivity (Wildman–Crippen MR) is 74.2 cm³/mol. The van der Waals surface area contributed by atoms with E-state index in [-0.39, 0.29) is 5.56 Å². The number of rotatable bonds is 3. The monoisotopic (exact) mass is 293 g/mol. The quantitative estimate of drug-likeness (QED) is 0.828. The van der Waals surface area contributed by atoms with E-state index in [0.717, 1.165) is 12.1 Å². The van der Waals surface area contributed by atoms with Gasteiger partial charge in [-0.25, -0.2) is 9.18 Å². The van der Waals surface area contributed by atoms with E-state index in [1.165, 1.54) is 23.1 Å². The summed E-state index contributed by atoms with van der Waals surface area (Å²) in [5.74, 6) is -2.21. The number of benzene rings is 1. The summed E-state index contributed by atoms with van der Waals surface area (Å²) < 4.78 is 14.0. The van der Waals surface area contributed by atoms with Gasteiger partial charge in [-0.1, -0.05) is 6.07 Å². The number of aliphatic hydroxyl groups is 1. The lowest BCUT2D eigenvalue weighted by atomic mass is 10.1. The van der Waals surface area contributed by atoms with E-state index in [0.29, 0.717) is 31.5 Å². The molecule has 2 rings (SSSR count). The first-order valence-electron chi connectivity index (χ1n) is 6.65. The summed E-state index contributed by atoms with van der Waals surface area (Å²) in [6.07, 6.45) is 2.75. The molecule has 2 N–H and O–H groups in total. The van der Waals surface area contributed by atoms with Gasteiger partial charge in [0.25, 0.3) is 5.91 Å². The summed E-state index contributed by atoms with van der Waals surface area (Å²) in [5, 5.41) is 17.9. The molecule has 1 saturated heterocycles.